The van der Waals surface area contributed by atoms with Crippen molar-refractivity contribution in [2.24, 2.45) is 5.92 Å². The van der Waals surface area contributed by atoms with Gasteiger partial charge in [-0.05, 0) is 25.0 Å². The van der Waals surface area contributed by atoms with E-state index in [1.807, 2.05) is 4.90 Å². The molecule has 0 aromatic carbocycles. The lowest BCUT2D eigenvalue weighted by molar-refractivity contribution is -0.129. The Morgan fingerprint density at radius 2 is 2.14 bits per heavy atom. The molecule has 2 heterocycles. The molecule has 1 saturated heterocycles. The number of nitrogens with zero attached hydrogens (tertiary/aromatic N) is 2. The highest BCUT2D eigenvalue weighted by Crippen LogP contribution is 2.29. The molecule has 1 aliphatic carbocycles. The zero-order valence-electron chi connectivity index (χ0n) is 12.6. The van der Waals surface area contributed by atoms with Crippen LogP contribution < -0.4 is 11.1 Å². The second-order valence-corrected chi connectivity index (χ2v) is 6.24. The van der Waals surface area contributed by atoms with Gasteiger partial charge in [0.2, 0.25) is 5.91 Å². The van der Waals surface area contributed by atoms with Gasteiger partial charge < -0.3 is 16.0 Å². The van der Waals surface area contributed by atoms with E-state index in [0.717, 1.165) is 19.4 Å². The van der Waals surface area contributed by atoms with Crippen LogP contribution in [0.25, 0.3) is 0 Å². The molecule has 0 radical (unpaired) electrons. The molecule has 1 atom stereocenters. The first kappa shape index (κ1) is 14.8. The Bertz CT molecular complexity index is 552. The fourth-order valence-corrected chi connectivity index (χ4v) is 3.39. The molecule has 22 heavy (non-hydrogen) atoms. The Morgan fingerprint density at radius 1 is 1.36 bits per heavy atom. The predicted molar refractivity (Wildman–Crippen MR) is 83.1 cm³/mol. The number of pyridine rings is 1. The van der Waals surface area contributed by atoms with Gasteiger partial charge in [0.05, 0.1) is 5.56 Å². The molecule has 0 spiro atoms. The molecule has 118 valence electrons. The summed E-state index contributed by atoms with van der Waals surface area (Å²) in [5.41, 5.74) is 6.00. The van der Waals surface area contributed by atoms with Gasteiger partial charge in [-0.3, -0.25) is 9.59 Å². The standard InChI is InChI=1S/C16H22N4O2/c17-14-6-5-12(9-18-14)16(22)19-8-11-7-15(21)20(10-11)13-3-1-2-4-13/h5-6,9,11,13H,1-4,7-8,10H2,(H2,17,18)(H,19,22). The Kier molecular flexibility index (Phi) is 4.27. The van der Waals surface area contributed by atoms with E-state index in [-0.39, 0.29) is 17.7 Å². The molecule has 1 unspecified atom stereocenters. The van der Waals surface area contributed by atoms with E-state index in [1.165, 1.54) is 19.0 Å². The number of carbonyl (C=O) groups is 2. The van der Waals surface area contributed by atoms with E-state index in [0.29, 0.717) is 30.4 Å². The topological polar surface area (TPSA) is 88.3 Å². The van der Waals surface area contributed by atoms with Gasteiger partial charge in [0.1, 0.15) is 5.82 Å². The Hall–Kier alpha value is -2.11. The van der Waals surface area contributed by atoms with Crippen LogP contribution >= 0.6 is 0 Å². The molecule has 1 aliphatic heterocycles. The van der Waals surface area contributed by atoms with Crippen LogP contribution in [0, 0.1) is 5.92 Å². The van der Waals surface area contributed by atoms with Crippen LogP contribution in [0.2, 0.25) is 0 Å². The van der Waals surface area contributed by atoms with E-state index in [9.17, 15) is 9.59 Å². The smallest absolute Gasteiger partial charge is 0.252 e. The minimum absolute atomic E-state index is 0.167. The lowest BCUT2D eigenvalue weighted by Gasteiger charge is -2.24. The number of hydrogen-bond acceptors (Lipinski definition) is 4. The second-order valence-electron chi connectivity index (χ2n) is 6.24. The minimum Gasteiger partial charge on any atom is -0.384 e. The number of hydrogen-bond donors (Lipinski definition) is 2. The van der Waals surface area contributed by atoms with E-state index < -0.39 is 0 Å². The molecule has 3 rings (SSSR count). The monoisotopic (exact) mass is 302 g/mol. The maximum Gasteiger partial charge on any atom is 0.252 e. The van der Waals surface area contributed by atoms with Crippen LogP contribution in [0.1, 0.15) is 42.5 Å². The third kappa shape index (κ3) is 3.21. The van der Waals surface area contributed by atoms with Crippen molar-refractivity contribution in [1.29, 1.82) is 0 Å². The van der Waals surface area contributed by atoms with Crippen LogP contribution in [-0.2, 0) is 4.79 Å². The van der Waals surface area contributed by atoms with Crippen molar-refractivity contribution in [2.45, 2.75) is 38.1 Å². The number of amides is 2. The second kappa shape index (κ2) is 6.34. The summed E-state index contributed by atoms with van der Waals surface area (Å²) in [4.78, 5) is 30.1. The first-order chi connectivity index (χ1) is 10.6. The summed E-state index contributed by atoms with van der Waals surface area (Å²) >= 11 is 0. The summed E-state index contributed by atoms with van der Waals surface area (Å²) in [5, 5.41) is 2.89. The molecular formula is C16H22N4O2. The highest BCUT2D eigenvalue weighted by Gasteiger charge is 2.35. The van der Waals surface area contributed by atoms with Gasteiger partial charge >= 0.3 is 0 Å². The van der Waals surface area contributed by atoms with E-state index in [4.69, 9.17) is 5.73 Å². The number of nitrogens with one attached hydrogen (secondary N) is 1. The van der Waals surface area contributed by atoms with E-state index >= 15 is 0 Å². The molecule has 1 aromatic heterocycles. The number of aromatic nitrogens is 1. The lowest BCUT2D eigenvalue weighted by atomic mass is 10.1. The zero-order valence-corrected chi connectivity index (χ0v) is 12.6. The predicted octanol–water partition coefficient (Wildman–Crippen LogP) is 1.18. The number of anilines is 1. The van der Waals surface area contributed by atoms with Crippen LogP contribution in [0.5, 0.6) is 0 Å². The van der Waals surface area contributed by atoms with Crippen LogP contribution in [0.3, 0.4) is 0 Å². The molecule has 3 N–H and O–H groups in total. The first-order valence-electron chi connectivity index (χ1n) is 7.92. The third-order valence-corrected chi connectivity index (χ3v) is 4.60. The van der Waals surface area contributed by atoms with Crippen molar-refractivity contribution >= 4 is 17.6 Å². The zero-order chi connectivity index (χ0) is 15.5. The quantitative estimate of drug-likeness (QED) is 0.874. The van der Waals surface area contributed by atoms with Crippen molar-refractivity contribution in [1.82, 2.24) is 15.2 Å². The normalized spacial score (nSPS) is 22.3. The molecule has 6 nitrogen and oxygen atoms in total. The van der Waals surface area contributed by atoms with Gasteiger partial charge in [-0.25, -0.2) is 4.98 Å². The number of nitrogen functional groups attached to an aromatic ring is 1. The molecule has 1 saturated carbocycles. The molecule has 2 fully saturated rings. The summed E-state index contributed by atoms with van der Waals surface area (Å²) < 4.78 is 0. The largest absolute Gasteiger partial charge is 0.384 e. The van der Waals surface area contributed by atoms with E-state index in [2.05, 4.69) is 10.3 Å². The minimum atomic E-state index is -0.167. The van der Waals surface area contributed by atoms with Gasteiger partial charge in [0, 0.05) is 37.7 Å². The lowest BCUT2D eigenvalue weighted by Crippen LogP contribution is -2.36. The van der Waals surface area contributed by atoms with E-state index in [1.54, 1.807) is 12.1 Å². The molecule has 6 heteroatoms. The summed E-state index contributed by atoms with van der Waals surface area (Å²) in [5.74, 6) is 0.670. The van der Waals surface area contributed by atoms with Gasteiger partial charge in [-0.2, -0.15) is 0 Å². The number of likely N-dealkylation sites (tertiary alicyclic amines) is 1. The number of carbonyl (C=O) groups excluding carboxylic acids is 2. The Balaban J connectivity index is 1.50. The van der Waals surface area contributed by atoms with Crippen molar-refractivity contribution in [3.8, 4) is 0 Å². The summed E-state index contributed by atoms with van der Waals surface area (Å²) in [6.07, 6.45) is 6.70. The maximum atomic E-state index is 12.1. The first-order valence-corrected chi connectivity index (χ1v) is 7.92. The number of rotatable bonds is 4. The molecular weight excluding hydrogens is 280 g/mol. The molecule has 2 amide bonds. The SMILES string of the molecule is Nc1ccc(C(=O)NCC2CC(=O)N(C3CCCC3)C2)cn1. The van der Waals surface area contributed by atoms with Gasteiger partial charge in [-0.15, -0.1) is 0 Å². The molecule has 2 aliphatic rings. The fourth-order valence-electron chi connectivity index (χ4n) is 3.39. The fraction of sp³-hybridized carbons (Fsp3) is 0.562. The summed E-state index contributed by atoms with van der Waals surface area (Å²) in [6, 6.07) is 3.69. The van der Waals surface area contributed by atoms with Crippen LogP contribution in [0.4, 0.5) is 5.82 Å². The summed E-state index contributed by atoms with van der Waals surface area (Å²) in [7, 11) is 0. The number of nitrogens with two attached hydrogens (primary N) is 1. The van der Waals surface area contributed by atoms with Gasteiger partial charge in [0.25, 0.3) is 5.91 Å². The van der Waals surface area contributed by atoms with Gasteiger partial charge in [0.15, 0.2) is 0 Å². The highest BCUT2D eigenvalue weighted by atomic mass is 16.2. The highest BCUT2D eigenvalue weighted by molar-refractivity contribution is 5.94. The molecule has 0 bridgehead atoms. The van der Waals surface area contributed by atoms with Crippen LogP contribution in [-0.4, -0.2) is 40.8 Å². The summed E-state index contributed by atoms with van der Waals surface area (Å²) in [6.45, 7) is 1.29. The third-order valence-electron chi connectivity index (χ3n) is 4.60. The Labute approximate surface area is 130 Å². The van der Waals surface area contributed by atoms with Crippen molar-refractivity contribution < 1.29 is 9.59 Å². The maximum absolute atomic E-state index is 12.1. The average molecular weight is 302 g/mol. The van der Waals surface area contributed by atoms with Crippen LogP contribution in [0.15, 0.2) is 18.3 Å². The molecule has 1 aromatic rings. The van der Waals surface area contributed by atoms with Crippen molar-refractivity contribution in [3.63, 3.8) is 0 Å². The van der Waals surface area contributed by atoms with Crippen molar-refractivity contribution in [2.75, 3.05) is 18.8 Å². The average Bonchev–Trinajstić information content (AvgIpc) is 3.14. The Morgan fingerprint density at radius 3 is 2.82 bits per heavy atom. The van der Waals surface area contributed by atoms with Gasteiger partial charge in [-0.1, -0.05) is 12.8 Å². The van der Waals surface area contributed by atoms with Crippen molar-refractivity contribution in [3.05, 3.63) is 23.9 Å².